The Labute approximate surface area is 183 Å². The summed E-state index contributed by atoms with van der Waals surface area (Å²) in [7, 11) is 0. The number of carbonyl (C=O) groups is 2. The molecule has 0 radical (unpaired) electrons. The number of halogens is 3. The van der Waals surface area contributed by atoms with Crippen LogP contribution in [0.2, 0.25) is 0 Å². The van der Waals surface area contributed by atoms with E-state index in [1.54, 1.807) is 18.2 Å². The molecule has 1 aliphatic rings. The van der Waals surface area contributed by atoms with Crippen LogP contribution in [0.3, 0.4) is 0 Å². The number of carbonyl (C=O) groups excluding carboxylic acids is 2. The molecule has 0 unspecified atom stereocenters. The van der Waals surface area contributed by atoms with Crippen LogP contribution in [0.25, 0.3) is 0 Å². The van der Waals surface area contributed by atoms with Crippen molar-refractivity contribution in [3.63, 3.8) is 0 Å². The van der Waals surface area contributed by atoms with E-state index >= 15 is 0 Å². The second kappa shape index (κ2) is 7.82. The largest absolute Gasteiger partial charge is 0.455 e. The Bertz CT molecular complexity index is 1200. The van der Waals surface area contributed by atoms with E-state index in [0.29, 0.717) is 5.75 Å². The number of hydrogen-bond donors (Lipinski definition) is 0. The maximum atomic E-state index is 13.5. The molecule has 0 N–H and O–H groups in total. The normalized spacial score (nSPS) is 13.7. The Morgan fingerprint density at radius 3 is 2.03 bits per heavy atom. The van der Waals surface area contributed by atoms with Crippen molar-refractivity contribution < 1.29 is 27.5 Å². The van der Waals surface area contributed by atoms with Gasteiger partial charge in [-0.25, -0.2) is 4.90 Å². The Hall–Kier alpha value is -3.61. The number of aryl methyl sites for hydroxylation is 1. The molecule has 4 rings (SSSR count). The van der Waals surface area contributed by atoms with Crippen LogP contribution < -0.4 is 9.64 Å². The van der Waals surface area contributed by atoms with Gasteiger partial charge in [0.05, 0.1) is 22.4 Å². The van der Waals surface area contributed by atoms with Crippen LogP contribution >= 0.6 is 0 Å². The van der Waals surface area contributed by atoms with Gasteiger partial charge in [-0.1, -0.05) is 38.1 Å². The van der Waals surface area contributed by atoms with Crippen LogP contribution in [-0.4, -0.2) is 11.8 Å². The zero-order chi connectivity index (χ0) is 23.2. The summed E-state index contributed by atoms with van der Waals surface area (Å²) in [5, 5.41) is 0. The first-order valence-electron chi connectivity index (χ1n) is 10.1. The molecule has 0 spiro atoms. The van der Waals surface area contributed by atoms with Gasteiger partial charge in [-0.2, -0.15) is 13.2 Å². The first kappa shape index (κ1) is 21.6. The third kappa shape index (κ3) is 3.75. The van der Waals surface area contributed by atoms with Gasteiger partial charge in [-0.05, 0) is 60.4 Å². The van der Waals surface area contributed by atoms with Crippen molar-refractivity contribution in [1.29, 1.82) is 0 Å². The standard InChI is InChI=1S/C25H20F3NO3/c1-14(2)17-10-8-15(3)12-22(17)32-21-11-9-16(25(26,27)28)13-20(21)29-23(30)18-6-4-5-7-19(18)24(29)31/h4-14H,1-3H3. The molecule has 0 bridgehead atoms. The maximum Gasteiger partial charge on any atom is 0.416 e. The smallest absolute Gasteiger partial charge is 0.416 e. The molecule has 1 aliphatic heterocycles. The molecule has 0 aliphatic carbocycles. The number of benzene rings is 3. The molecule has 0 atom stereocenters. The summed E-state index contributed by atoms with van der Waals surface area (Å²) in [6.07, 6.45) is -4.65. The summed E-state index contributed by atoms with van der Waals surface area (Å²) in [6.45, 7) is 5.81. The fourth-order valence-corrected chi connectivity index (χ4v) is 3.69. The molecular weight excluding hydrogens is 419 g/mol. The minimum Gasteiger partial charge on any atom is -0.455 e. The van der Waals surface area contributed by atoms with Crippen LogP contribution in [0, 0.1) is 6.92 Å². The number of rotatable bonds is 4. The number of anilines is 1. The fourth-order valence-electron chi connectivity index (χ4n) is 3.69. The SMILES string of the molecule is Cc1ccc(C(C)C)c(Oc2ccc(C(F)(F)F)cc2N2C(=O)c3ccccc3C2=O)c1. The number of hydrogen-bond acceptors (Lipinski definition) is 3. The zero-order valence-electron chi connectivity index (χ0n) is 17.7. The summed E-state index contributed by atoms with van der Waals surface area (Å²) >= 11 is 0. The van der Waals surface area contributed by atoms with E-state index in [2.05, 4.69) is 0 Å². The van der Waals surface area contributed by atoms with Crippen LogP contribution in [0.5, 0.6) is 11.5 Å². The van der Waals surface area contributed by atoms with Crippen LogP contribution in [-0.2, 0) is 6.18 Å². The van der Waals surface area contributed by atoms with E-state index in [0.717, 1.165) is 34.2 Å². The first-order valence-corrected chi connectivity index (χ1v) is 10.1. The van der Waals surface area contributed by atoms with Crippen LogP contribution in [0.1, 0.15) is 57.2 Å². The first-order chi connectivity index (χ1) is 15.1. The minimum atomic E-state index is -4.65. The molecule has 0 fully saturated rings. The molecule has 3 aromatic rings. The number of fused-ring (bicyclic) bond motifs is 1. The third-order valence-electron chi connectivity index (χ3n) is 5.33. The van der Waals surface area contributed by atoms with Crippen molar-refractivity contribution in [2.75, 3.05) is 4.90 Å². The summed E-state index contributed by atoms with van der Waals surface area (Å²) in [4.78, 5) is 26.7. The van der Waals surface area contributed by atoms with Crippen molar-refractivity contribution >= 4 is 17.5 Å². The van der Waals surface area contributed by atoms with Crippen molar-refractivity contribution in [2.24, 2.45) is 0 Å². The lowest BCUT2D eigenvalue weighted by molar-refractivity contribution is -0.137. The van der Waals surface area contributed by atoms with Gasteiger partial charge in [-0.15, -0.1) is 0 Å². The topological polar surface area (TPSA) is 46.6 Å². The molecule has 1 heterocycles. The van der Waals surface area contributed by atoms with Gasteiger partial charge < -0.3 is 4.74 Å². The lowest BCUT2D eigenvalue weighted by atomic mass is 10.0. The van der Waals surface area contributed by atoms with E-state index in [4.69, 9.17) is 4.74 Å². The molecule has 7 heteroatoms. The van der Waals surface area contributed by atoms with Gasteiger partial charge in [-0.3, -0.25) is 9.59 Å². The highest BCUT2D eigenvalue weighted by Crippen LogP contribution is 2.42. The molecule has 2 amide bonds. The van der Waals surface area contributed by atoms with Crippen LogP contribution in [0.15, 0.2) is 60.7 Å². The molecule has 3 aromatic carbocycles. The number of ether oxygens (including phenoxy) is 1. The van der Waals surface area contributed by atoms with Gasteiger partial charge >= 0.3 is 6.18 Å². The van der Waals surface area contributed by atoms with Crippen molar-refractivity contribution in [1.82, 2.24) is 0 Å². The summed E-state index contributed by atoms with van der Waals surface area (Å²) < 4.78 is 46.4. The highest BCUT2D eigenvalue weighted by atomic mass is 19.4. The van der Waals surface area contributed by atoms with Gasteiger partial charge in [0, 0.05) is 0 Å². The quantitative estimate of drug-likeness (QED) is 0.424. The Morgan fingerprint density at radius 1 is 0.844 bits per heavy atom. The highest BCUT2D eigenvalue weighted by Gasteiger charge is 2.40. The fraction of sp³-hybridized carbons (Fsp3) is 0.200. The summed E-state index contributed by atoms with van der Waals surface area (Å²) in [6, 6.07) is 14.5. The van der Waals surface area contributed by atoms with Gasteiger partial charge in [0.15, 0.2) is 5.75 Å². The average Bonchev–Trinajstić information content (AvgIpc) is 2.98. The van der Waals surface area contributed by atoms with Crippen molar-refractivity contribution in [3.05, 3.63) is 88.5 Å². The number of imide groups is 1. The highest BCUT2D eigenvalue weighted by molar-refractivity contribution is 6.34. The molecule has 32 heavy (non-hydrogen) atoms. The number of alkyl halides is 3. The second-order valence-corrected chi connectivity index (χ2v) is 7.97. The Kier molecular flexibility index (Phi) is 5.28. The summed E-state index contributed by atoms with van der Waals surface area (Å²) in [5.41, 5.74) is 0.799. The van der Waals surface area contributed by atoms with Crippen molar-refractivity contribution in [3.8, 4) is 11.5 Å². The Morgan fingerprint density at radius 2 is 1.47 bits per heavy atom. The van der Waals surface area contributed by atoms with E-state index in [9.17, 15) is 22.8 Å². The monoisotopic (exact) mass is 439 g/mol. The van der Waals surface area contributed by atoms with Gasteiger partial charge in [0.25, 0.3) is 11.8 Å². The maximum absolute atomic E-state index is 13.5. The van der Waals surface area contributed by atoms with Crippen LogP contribution in [0.4, 0.5) is 18.9 Å². The van der Waals surface area contributed by atoms with E-state index in [1.165, 1.54) is 12.1 Å². The second-order valence-electron chi connectivity index (χ2n) is 7.97. The molecule has 164 valence electrons. The van der Waals surface area contributed by atoms with E-state index in [-0.39, 0.29) is 28.5 Å². The number of nitrogens with zero attached hydrogens (tertiary/aromatic N) is 1. The van der Waals surface area contributed by atoms with E-state index < -0.39 is 23.6 Å². The van der Waals surface area contributed by atoms with Gasteiger partial charge in [0.1, 0.15) is 5.75 Å². The average molecular weight is 439 g/mol. The van der Waals surface area contributed by atoms with E-state index in [1.807, 2.05) is 32.9 Å². The van der Waals surface area contributed by atoms with Crippen molar-refractivity contribution in [2.45, 2.75) is 32.9 Å². The molecule has 0 aromatic heterocycles. The minimum absolute atomic E-state index is 0.0139. The lowest BCUT2D eigenvalue weighted by Crippen LogP contribution is -2.30. The predicted molar refractivity (Wildman–Crippen MR) is 114 cm³/mol. The lowest BCUT2D eigenvalue weighted by Gasteiger charge is -2.22. The molecule has 4 nitrogen and oxygen atoms in total. The number of amides is 2. The third-order valence-corrected chi connectivity index (χ3v) is 5.33. The predicted octanol–water partition coefficient (Wildman–Crippen LogP) is 6.73. The Balaban J connectivity index is 1.87. The van der Waals surface area contributed by atoms with Gasteiger partial charge in [0.2, 0.25) is 0 Å². The molecule has 0 saturated carbocycles. The summed E-state index contributed by atoms with van der Waals surface area (Å²) in [5.74, 6) is -0.855. The zero-order valence-corrected chi connectivity index (χ0v) is 17.7. The molecular formula is C25H20F3NO3. The molecule has 0 saturated heterocycles.